The second kappa shape index (κ2) is 7.96. The fourth-order valence-electron chi connectivity index (χ4n) is 1.88. The summed E-state index contributed by atoms with van der Waals surface area (Å²) in [6.45, 7) is 2.30. The van der Waals surface area contributed by atoms with Gasteiger partial charge in [0.25, 0.3) is 0 Å². The number of hydrogen-bond acceptors (Lipinski definition) is 5. The van der Waals surface area contributed by atoms with Crippen LogP contribution in [0.1, 0.15) is 37.8 Å². The molecule has 3 N–H and O–H groups in total. The third-order valence-electron chi connectivity index (χ3n) is 3.14. The second-order valence-electron chi connectivity index (χ2n) is 5.17. The highest BCUT2D eigenvalue weighted by atomic mass is 16.3. The van der Waals surface area contributed by atoms with Crippen LogP contribution in [0.4, 0.5) is 0 Å². The van der Waals surface area contributed by atoms with Crippen LogP contribution in [-0.2, 0) is 17.9 Å². The molecule has 7 heteroatoms. The number of nitrogens with zero attached hydrogens (tertiary/aromatic N) is 3. The van der Waals surface area contributed by atoms with Gasteiger partial charge in [0.15, 0.2) is 0 Å². The van der Waals surface area contributed by atoms with E-state index < -0.39 is 0 Å². The van der Waals surface area contributed by atoms with Gasteiger partial charge in [-0.25, -0.2) is 0 Å². The van der Waals surface area contributed by atoms with Gasteiger partial charge < -0.3 is 15.7 Å². The normalized spacial score (nSPS) is 14.4. The Morgan fingerprint density at radius 1 is 1.45 bits per heavy atom. The molecule has 0 atom stereocenters. The lowest BCUT2D eigenvalue weighted by atomic mass is 10.3. The minimum atomic E-state index is 0.157. The number of amides is 1. The van der Waals surface area contributed by atoms with E-state index >= 15 is 0 Å². The van der Waals surface area contributed by atoms with E-state index in [4.69, 9.17) is 5.11 Å². The van der Waals surface area contributed by atoms with E-state index in [1.54, 1.807) is 4.68 Å². The minimum Gasteiger partial charge on any atom is -0.396 e. The van der Waals surface area contributed by atoms with Gasteiger partial charge in [0.05, 0.1) is 5.69 Å². The van der Waals surface area contributed by atoms with Crippen LogP contribution in [0.5, 0.6) is 0 Å². The maximum Gasteiger partial charge on any atom is 0.220 e. The number of aryl methyl sites for hydroxylation is 1. The Labute approximate surface area is 118 Å². The molecule has 7 nitrogen and oxygen atoms in total. The Bertz CT molecular complexity index is 417. The van der Waals surface area contributed by atoms with Crippen LogP contribution >= 0.6 is 0 Å². The quantitative estimate of drug-likeness (QED) is 0.517. The number of hydrogen-bond donors (Lipinski definition) is 3. The van der Waals surface area contributed by atoms with Crippen LogP contribution in [0.15, 0.2) is 6.20 Å². The molecule has 0 aromatic carbocycles. The van der Waals surface area contributed by atoms with Gasteiger partial charge in [-0.2, -0.15) is 0 Å². The summed E-state index contributed by atoms with van der Waals surface area (Å²) in [4.78, 5) is 11.4. The molecule has 20 heavy (non-hydrogen) atoms. The van der Waals surface area contributed by atoms with Gasteiger partial charge in [0.1, 0.15) is 0 Å². The Morgan fingerprint density at radius 2 is 2.30 bits per heavy atom. The van der Waals surface area contributed by atoms with Gasteiger partial charge in [-0.05, 0) is 32.2 Å². The highest BCUT2D eigenvalue weighted by Crippen LogP contribution is 2.18. The molecular weight excluding hydrogens is 258 g/mol. The molecule has 1 aliphatic rings. The highest BCUT2D eigenvalue weighted by molar-refractivity contribution is 5.76. The Kier molecular flexibility index (Phi) is 5.94. The van der Waals surface area contributed by atoms with Crippen molar-refractivity contribution in [3.63, 3.8) is 0 Å². The van der Waals surface area contributed by atoms with E-state index in [-0.39, 0.29) is 12.5 Å². The van der Waals surface area contributed by atoms with E-state index in [2.05, 4.69) is 20.9 Å². The summed E-state index contributed by atoms with van der Waals surface area (Å²) in [5.74, 6) is 0.157. The molecule has 0 unspecified atom stereocenters. The lowest BCUT2D eigenvalue weighted by molar-refractivity contribution is -0.121. The molecule has 1 amide bonds. The predicted molar refractivity (Wildman–Crippen MR) is 73.8 cm³/mol. The molecule has 1 heterocycles. The lowest BCUT2D eigenvalue weighted by Crippen LogP contribution is -2.26. The average molecular weight is 281 g/mol. The number of carbonyl (C=O) groups is 1. The van der Waals surface area contributed by atoms with E-state index in [0.29, 0.717) is 32.0 Å². The van der Waals surface area contributed by atoms with Crippen molar-refractivity contribution < 1.29 is 9.90 Å². The van der Waals surface area contributed by atoms with Crippen molar-refractivity contribution >= 4 is 5.91 Å². The summed E-state index contributed by atoms with van der Waals surface area (Å²) in [7, 11) is 0. The number of aliphatic hydroxyl groups excluding tert-OH is 1. The SMILES string of the molecule is O=C(CCCNCc1cn(CCCO)nn1)NC1CC1. The molecule has 0 radical (unpaired) electrons. The summed E-state index contributed by atoms with van der Waals surface area (Å²) < 4.78 is 1.73. The van der Waals surface area contributed by atoms with Crippen molar-refractivity contribution in [1.29, 1.82) is 0 Å². The fourth-order valence-corrected chi connectivity index (χ4v) is 1.88. The van der Waals surface area contributed by atoms with Crippen molar-refractivity contribution in [2.24, 2.45) is 0 Å². The molecule has 112 valence electrons. The Morgan fingerprint density at radius 3 is 3.05 bits per heavy atom. The molecule has 1 aromatic rings. The summed E-state index contributed by atoms with van der Waals surface area (Å²) in [5, 5.41) is 23.0. The van der Waals surface area contributed by atoms with Crippen LogP contribution in [0.25, 0.3) is 0 Å². The number of nitrogens with one attached hydrogen (secondary N) is 2. The first-order chi connectivity index (χ1) is 9.78. The zero-order valence-corrected chi connectivity index (χ0v) is 11.7. The standard InChI is InChI=1S/C13H23N5O2/c19-8-2-7-18-10-12(16-17-18)9-14-6-1-3-13(20)15-11-4-5-11/h10-11,14,19H,1-9H2,(H,15,20). The third kappa shape index (κ3) is 5.66. The van der Waals surface area contributed by atoms with Crippen LogP contribution < -0.4 is 10.6 Å². The number of rotatable bonds is 10. The van der Waals surface area contributed by atoms with Crippen LogP contribution in [0, 0.1) is 0 Å². The van der Waals surface area contributed by atoms with Gasteiger partial charge in [0.2, 0.25) is 5.91 Å². The third-order valence-corrected chi connectivity index (χ3v) is 3.14. The van der Waals surface area contributed by atoms with Crippen molar-refractivity contribution in [3.05, 3.63) is 11.9 Å². The van der Waals surface area contributed by atoms with E-state index in [9.17, 15) is 4.79 Å². The van der Waals surface area contributed by atoms with Crippen LogP contribution in [-0.4, -0.2) is 45.2 Å². The van der Waals surface area contributed by atoms with Crippen molar-refractivity contribution in [2.75, 3.05) is 13.2 Å². The number of aliphatic hydroxyl groups is 1. The maximum absolute atomic E-state index is 11.4. The first-order valence-corrected chi connectivity index (χ1v) is 7.28. The first kappa shape index (κ1) is 14.9. The monoisotopic (exact) mass is 281 g/mol. The molecular formula is C13H23N5O2. The van der Waals surface area contributed by atoms with E-state index in [0.717, 1.165) is 31.5 Å². The van der Waals surface area contributed by atoms with Crippen molar-refractivity contribution in [2.45, 2.75) is 51.2 Å². The summed E-state index contributed by atoms with van der Waals surface area (Å²) >= 11 is 0. The summed E-state index contributed by atoms with van der Waals surface area (Å²) in [6, 6.07) is 0.449. The zero-order chi connectivity index (χ0) is 14.2. The van der Waals surface area contributed by atoms with Gasteiger partial charge in [-0.3, -0.25) is 9.48 Å². The van der Waals surface area contributed by atoms with Gasteiger partial charge in [-0.15, -0.1) is 5.10 Å². The molecule has 0 saturated heterocycles. The topological polar surface area (TPSA) is 92.1 Å². The minimum absolute atomic E-state index is 0.157. The van der Waals surface area contributed by atoms with Gasteiger partial charge in [-0.1, -0.05) is 5.21 Å². The van der Waals surface area contributed by atoms with Gasteiger partial charge >= 0.3 is 0 Å². The molecule has 2 rings (SSSR count). The Hall–Kier alpha value is -1.47. The molecule has 0 bridgehead atoms. The second-order valence-corrected chi connectivity index (χ2v) is 5.17. The highest BCUT2D eigenvalue weighted by Gasteiger charge is 2.22. The number of aromatic nitrogens is 3. The smallest absolute Gasteiger partial charge is 0.220 e. The summed E-state index contributed by atoms with van der Waals surface area (Å²) in [6.07, 6.45) is 6.24. The Balaban J connectivity index is 1.51. The fraction of sp³-hybridized carbons (Fsp3) is 0.769. The van der Waals surface area contributed by atoms with E-state index in [1.165, 1.54) is 0 Å². The van der Waals surface area contributed by atoms with E-state index in [1.807, 2.05) is 6.20 Å². The molecule has 0 spiro atoms. The van der Waals surface area contributed by atoms with Crippen LogP contribution in [0.2, 0.25) is 0 Å². The number of carbonyl (C=O) groups excluding carboxylic acids is 1. The average Bonchev–Trinajstić information content (AvgIpc) is 3.13. The largest absolute Gasteiger partial charge is 0.396 e. The molecule has 1 saturated carbocycles. The molecule has 1 fully saturated rings. The van der Waals surface area contributed by atoms with Crippen molar-refractivity contribution in [1.82, 2.24) is 25.6 Å². The molecule has 1 aromatic heterocycles. The van der Waals surface area contributed by atoms with Crippen LogP contribution in [0.3, 0.4) is 0 Å². The zero-order valence-electron chi connectivity index (χ0n) is 11.7. The maximum atomic E-state index is 11.4. The lowest BCUT2D eigenvalue weighted by Gasteiger charge is -2.03. The molecule has 0 aliphatic heterocycles. The molecule has 1 aliphatic carbocycles. The summed E-state index contributed by atoms with van der Waals surface area (Å²) in [5.41, 5.74) is 0.880. The first-order valence-electron chi connectivity index (χ1n) is 7.28. The van der Waals surface area contributed by atoms with Gasteiger partial charge in [0, 0.05) is 38.4 Å². The van der Waals surface area contributed by atoms with Crippen molar-refractivity contribution in [3.8, 4) is 0 Å². The predicted octanol–water partition coefficient (Wildman–Crippen LogP) is -0.191.